The van der Waals surface area contributed by atoms with Crippen molar-refractivity contribution in [3.8, 4) is 0 Å². The van der Waals surface area contributed by atoms with Crippen LogP contribution in [0.3, 0.4) is 0 Å². The second-order valence-electron chi connectivity index (χ2n) is 8.68. The van der Waals surface area contributed by atoms with Crippen LogP contribution in [0.15, 0.2) is 30.3 Å². The van der Waals surface area contributed by atoms with Gasteiger partial charge < -0.3 is 15.4 Å². The zero-order valence-corrected chi connectivity index (χ0v) is 14.9. The van der Waals surface area contributed by atoms with Crippen LogP contribution >= 0.6 is 0 Å². The first-order valence-electron chi connectivity index (χ1n) is 9.97. The SMILES string of the molecule is O=C1NC[C@@H](C(=O)NC(c2ccccc2)C2C3CC4CC(C3)CC2C4)O1. The van der Waals surface area contributed by atoms with Gasteiger partial charge in [0, 0.05) is 0 Å². The second kappa shape index (κ2) is 6.29. The maximum atomic E-state index is 12.8. The van der Waals surface area contributed by atoms with Crippen LogP contribution in [0.2, 0.25) is 0 Å². The molecule has 0 aromatic heterocycles. The summed E-state index contributed by atoms with van der Waals surface area (Å²) in [6, 6.07) is 10.4. The average Bonchev–Trinajstić information content (AvgIpc) is 3.07. The molecule has 1 unspecified atom stereocenters. The molecule has 0 radical (unpaired) electrons. The highest BCUT2D eigenvalue weighted by atomic mass is 16.6. The molecule has 1 heterocycles. The summed E-state index contributed by atoms with van der Waals surface area (Å²) in [6.07, 6.45) is 5.47. The third kappa shape index (κ3) is 2.78. The van der Waals surface area contributed by atoms with Gasteiger partial charge in [0.15, 0.2) is 6.10 Å². The summed E-state index contributed by atoms with van der Waals surface area (Å²) in [5, 5.41) is 5.84. The van der Waals surface area contributed by atoms with Gasteiger partial charge >= 0.3 is 6.09 Å². The number of carbonyl (C=O) groups excluding carboxylic acids is 2. The summed E-state index contributed by atoms with van der Waals surface area (Å²) < 4.78 is 5.10. The Morgan fingerprint density at radius 2 is 1.69 bits per heavy atom. The minimum atomic E-state index is -0.717. The molecule has 138 valence electrons. The first-order chi connectivity index (χ1) is 12.7. The van der Waals surface area contributed by atoms with Gasteiger partial charge in [0.2, 0.25) is 0 Å². The van der Waals surface area contributed by atoms with Crippen LogP contribution < -0.4 is 10.6 Å². The van der Waals surface area contributed by atoms with Crippen molar-refractivity contribution in [1.82, 2.24) is 10.6 Å². The lowest BCUT2D eigenvalue weighted by Gasteiger charge is -2.56. The van der Waals surface area contributed by atoms with Gasteiger partial charge in [-0.15, -0.1) is 0 Å². The second-order valence-corrected chi connectivity index (χ2v) is 8.68. The van der Waals surface area contributed by atoms with Crippen molar-refractivity contribution >= 4 is 12.0 Å². The van der Waals surface area contributed by atoms with E-state index in [-0.39, 0.29) is 18.5 Å². The van der Waals surface area contributed by atoms with E-state index in [1.807, 2.05) is 18.2 Å². The van der Waals surface area contributed by atoms with Crippen LogP contribution in [0.5, 0.6) is 0 Å². The van der Waals surface area contributed by atoms with E-state index in [4.69, 9.17) is 4.74 Å². The highest BCUT2D eigenvalue weighted by molar-refractivity contribution is 5.86. The topological polar surface area (TPSA) is 67.4 Å². The minimum absolute atomic E-state index is 0.0120. The Bertz CT molecular complexity index is 676. The van der Waals surface area contributed by atoms with Gasteiger partial charge in [-0.3, -0.25) is 4.79 Å². The smallest absolute Gasteiger partial charge is 0.408 e. The fraction of sp³-hybridized carbons (Fsp3) is 0.619. The third-order valence-electron chi connectivity index (χ3n) is 7.11. The number of rotatable bonds is 4. The molecule has 1 aromatic rings. The maximum Gasteiger partial charge on any atom is 0.408 e. The van der Waals surface area contributed by atoms with E-state index in [0.29, 0.717) is 17.8 Å². The molecule has 4 bridgehead atoms. The molecular formula is C21H26N2O3. The zero-order chi connectivity index (χ0) is 17.7. The molecule has 4 saturated carbocycles. The largest absolute Gasteiger partial charge is 0.434 e. The van der Waals surface area contributed by atoms with Gasteiger partial charge in [-0.05, 0) is 67.3 Å². The first-order valence-corrected chi connectivity index (χ1v) is 9.97. The molecule has 2 amide bonds. The van der Waals surface area contributed by atoms with Gasteiger partial charge in [0.25, 0.3) is 5.91 Å². The minimum Gasteiger partial charge on any atom is -0.434 e. The van der Waals surface area contributed by atoms with Crippen molar-refractivity contribution in [3.05, 3.63) is 35.9 Å². The molecule has 5 heteroatoms. The third-order valence-corrected chi connectivity index (χ3v) is 7.11. The summed E-state index contributed by atoms with van der Waals surface area (Å²) in [6.45, 7) is 0.258. The highest BCUT2D eigenvalue weighted by Gasteiger charge is 2.51. The first kappa shape index (κ1) is 16.2. The molecule has 2 N–H and O–H groups in total. The van der Waals surface area contributed by atoms with E-state index in [1.165, 1.54) is 37.7 Å². The molecule has 2 atom stereocenters. The number of nitrogens with one attached hydrogen (secondary N) is 2. The fourth-order valence-corrected chi connectivity index (χ4v) is 6.35. The Morgan fingerprint density at radius 1 is 1.04 bits per heavy atom. The fourth-order valence-electron chi connectivity index (χ4n) is 6.35. The van der Waals surface area contributed by atoms with Crippen LogP contribution in [0.1, 0.15) is 43.7 Å². The number of alkyl carbamates (subject to hydrolysis) is 1. The van der Waals surface area contributed by atoms with Crippen molar-refractivity contribution in [1.29, 1.82) is 0 Å². The van der Waals surface area contributed by atoms with Crippen LogP contribution in [-0.2, 0) is 9.53 Å². The maximum absolute atomic E-state index is 12.8. The Kier molecular flexibility index (Phi) is 3.91. The van der Waals surface area contributed by atoms with E-state index >= 15 is 0 Å². The van der Waals surface area contributed by atoms with Crippen molar-refractivity contribution in [2.45, 2.75) is 44.2 Å². The quantitative estimate of drug-likeness (QED) is 0.873. The summed E-state index contributed by atoms with van der Waals surface area (Å²) in [7, 11) is 0. The Balaban J connectivity index is 1.41. The number of carbonyl (C=O) groups is 2. The van der Waals surface area contributed by atoms with Gasteiger partial charge in [0.1, 0.15) is 0 Å². The Morgan fingerprint density at radius 3 is 2.27 bits per heavy atom. The van der Waals surface area contributed by atoms with Gasteiger partial charge in [-0.1, -0.05) is 30.3 Å². The zero-order valence-electron chi connectivity index (χ0n) is 14.9. The van der Waals surface area contributed by atoms with Crippen LogP contribution in [0.4, 0.5) is 4.79 Å². The summed E-state index contributed by atoms with van der Waals surface area (Å²) in [5.74, 6) is 3.55. The number of hydrogen-bond acceptors (Lipinski definition) is 3. The van der Waals surface area contributed by atoms with Gasteiger partial charge in [-0.25, -0.2) is 4.79 Å². The number of cyclic esters (lactones) is 1. The molecule has 6 rings (SSSR count). The molecule has 0 spiro atoms. The highest BCUT2D eigenvalue weighted by Crippen LogP contribution is 2.59. The lowest BCUT2D eigenvalue weighted by Crippen LogP contribution is -2.51. The lowest BCUT2D eigenvalue weighted by atomic mass is 9.50. The predicted molar refractivity (Wildman–Crippen MR) is 96.1 cm³/mol. The molecule has 5 nitrogen and oxygen atoms in total. The van der Waals surface area contributed by atoms with E-state index in [1.54, 1.807) is 0 Å². The molecule has 5 aliphatic rings. The monoisotopic (exact) mass is 354 g/mol. The molecule has 1 aromatic carbocycles. The van der Waals surface area contributed by atoms with Crippen molar-refractivity contribution in [2.75, 3.05) is 6.54 Å². The molecule has 4 aliphatic carbocycles. The number of ether oxygens (including phenoxy) is 1. The number of amides is 2. The normalized spacial score (nSPS) is 38.5. The van der Waals surface area contributed by atoms with Crippen LogP contribution in [0, 0.1) is 29.6 Å². The molecular weight excluding hydrogens is 328 g/mol. The van der Waals surface area contributed by atoms with E-state index in [9.17, 15) is 9.59 Å². The standard InChI is InChI=1S/C21H26N2O3/c24-20(17-11-22-21(25)26-17)23-19(14-4-2-1-3-5-14)18-15-7-12-6-13(9-15)10-16(18)8-12/h1-5,12-13,15-19H,6-11H2,(H,22,25)(H,23,24)/t12?,13?,15?,16?,17-,18?,19?/m0/s1. The van der Waals surface area contributed by atoms with Crippen molar-refractivity contribution in [2.24, 2.45) is 29.6 Å². The predicted octanol–water partition coefficient (Wildman–Crippen LogP) is 3.02. The van der Waals surface area contributed by atoms with Crippen molar-refractivity contribution < 1.29 is 14.3 Å². The van der Waals surface area contributed by atoms with E-state index in [0.717, 1.165) is 11.8 Å². The van der Waals surface area contributed by atoms with Crippen LogP contribution in [-0.4, -0.2) is 24.6 Å². The molecule has 26 heavy (non-hydrogen) atoms. The molecule has 1 aliphatic heterocycles. The van der Waals surface area contributed by atoms with Crippen LogP contribution in [0.25, 0.3) is 0 Å². The molecule has 1 saturated heterocycles. The van der Waals surface area contributed by atoms with Gasteiger partial charge in [-0.2, -0.15) is 0 Å². The summed E-state index contributed by atoms with van der Waals surface area (Å²) >= 11 is 0. The summed E-state index contributed by atoms with van der Waals surface area (Å²) in [5.41, 5.74) is 1.18. The van der Waals surface area contributed by atoms with E-state index in [2.05, 4.69) is 22.8 Å². The summed E-state index contributed by atoms with van der Waals surface area (Å²) in [4.78, 5) is 24.1. The average molecular weight is 354 g/mol. The van der Waals surface area contributed by atoms with Crippen molar-refractivity contribution in [3.63, 3.8) is 0 Å². The van der Waals surface area contributed by atoms with E-state index < -0.39 is 12.2 Å². The Labute approximate surface area is 153 Å². The number of hydrogen-bond donors (Lipinski definition) is 2. The molecule has 5 fully saturated rings. The van der Waals surface area contributed by atoms with Gasteiger partial charge in [0.05, 0.1) is 12.6 Å². The Hall–Kier alpha value is -2.04. The lowest BCUT2D eigenvalue weighted by molar-refractivity contribution is -0.130. The number of benzene rings is 1.